The first-order valence-corrected chi connectivity index (χ1v) is 7.43. The summed E-state index contributed by atoms with van der Waals surface area (Å²) in [5.74, 6) is -0.974. The highest BCUT2D eigenvalue weighted by molar-refractivity contribution is 8.14. The molecule has 0 fully saturated rings. The highest BCUT2D eigenvalue weighted by Crippen LogP contribution is 2.34. The molecule has 0 radical (unpaired) electrons. The molecule has 22 heavy (non-hydrogen) atoms. The van der Waals surface area contributed by atoms with Crippen LogP contribution in [0, 0.1) is 5.82 Å². The number of nitrogens with zero attached hydrogens (tertiary/aromatic N) is 1. The Labute approximate surface area is 128 Å². The Morgan fingerprint density at radius 3 is 2.77 bits per heavy atom. The third kappa shape index (κ3) is 3.79. The minimum absolute atomic E-state index is 0.124. The van der Waals surface area contributed by atoms with Gasteiger partial charge in [0.05, 0.1) is 17.7 Å². The SMILES string of the molecule is COC(=O)C1CSC(CCc2c(F)cccc2C(F)(F)F)=N1. The molecule has 0 spiro atoms. The molecule has 1 aliphatic rings. The summed E-state index contributed by atoms with van der Waals surface area (Å²) < 4.78 is 56.9. The zero-order valence-electron chi connectivity index (χ0n) is 11.6. The normalized spacial score (nSPS) is 18.2. The molecule has 0 aromatic heterocycles. The average Bonchev–Trinajstić information content (AvgIpc) is 2.92. The van der Waals surface area contributed by atoms with E-state index in [4.69, 9.17) is 0 Å². The first-order valence-electron chi connectivity index (χ1n) is 6.45. The van der Waals surface area contributed by atoms with Gasteiger partial charge in [0.25, 0.3) is 0 Å². The number of hydrogen-bond acceptors (Lipinski definition) is 4. The number of aliphatic imine (C=N–C) groups is 1. The molecule has 1 heterocycles. The number of thioether (sulfide) groups is 1. The summed E-state index contributed by atoms with van der Waals surface area (Å²) in [7, 11) is 1.25. The Bertz CT molecular complexity index is 601. The number of alkyl halides is 3. The average molecular weight is 335 g/mol. The van der Waals surface area contributed by atoms with Crippen molar-refractivity contribution < 1.29 is 27.1 Å². The van der Waals surface area contributed by atoms with E-state index in [0.717, 1.165) is 18.2 Å². The molecule has 0 saturated carbocycles. The lowest BCUT2D eigenvalue weighted by Crippen LogP contribution is -2.19. The van der Waals surface area contributed by atoms with Gasteiger partial charge in [-0.2, -0.15) is 13.2 Å². The first kappa shape index (κ1) is 16.8. The molecular weight excluding hydrogens is 322 g/mol. The van der Waals surface area contributed by atoms with Crippen LogP contribution in [0.15, 0.2) is 23.2 Å². The number of ether oxygens (including phenoxy) is 1. The van der Waals surface area contributed by atoms with Gasteiger partial charge in [-0.25, -0.2) is 9.18 Å². The zero-order valence-corrected chi connectivity index (χ0v) is 12.4. The Hall–Kier alpha value is -1.57. The van der Waals surface area contributed by atoms with Crippen molar-refractivity contribution in [3.8, 4) is 0 Å². The van der Waals surface area contributed by atoms with E-state index in [-0.39, 0.29) is 18.4 Å². The van der Waals surface area contributed by atoms with Crippen LogP contribution in [0.4, 0.5) is 17.6 Å². The van der Waals surface area contributed by atoms with Crippen molar-refractivity contribution >= 4 is 22.8 Å². The first-order chi connectivity index (χ1) is 10.3. The number of rotatable bonds is 4. The quantitative estimate of drug-likeness (QED) is 0.625. The molecule has 1 aromatic rings. The van der Waals surface area contributed by atoms with Crippen molar-refractivity contribution in [2.75, 3.05) is 12.9 Å². The highest BCUT2D eigenvalue weighted by atomic mass is 32.2. The second-order valence-electron chi connectivity index (χ2n) is 4.64. The lowest BCUT2D eigenvalue weighted by molar-refractivity contribution is -0.141. The topological polar surface area (TPSA) is 38.7 Å². The van der Waals surface area contributed by atoms with Crippen LogP contribution in [0.2, 0.25) is 0 Å². The standard InChI is InChI=1S/C14H13F4NO2S/c1-21-13(20)11-7-22-12(19-11)6-5-8-9(14(16,17)18)3-2-4-10(8)15/h2-4,11H,5-7H2,1H3. The Morgan fingerprint density at radius 1 is 1.41 bits per heavy atom. The fraction of sp³-hybridized carbons (Fsp3) is 0.429. The predicted molar refractivity (Wildman–Crippen MR) is 75.4 cm³/mol. The minimum atomic E-state index is -4.60. The van der Waals surface area contributed by atoms with E-state index >= 15 is 0 Å². The molecular formula is C14H13F4NO2S. The molecule has 0 amide bonds. The van der Waals surface area contributed by atoms with E-state index in [1.165, 1.54) is 18.9 Å². The van der Waals surface area contributed by atoms with Crippen LogP contribution in [0.25, 0.3) is 0 Å². The van der Waals surface area contributed by atoms with Gasteiger partial charge in [0, 0.05) is 11.3 Å². The summed E-state index contributed by atoms with van der Waals surface area (Å²) >= 11 is 1.28. The molecule has 120 valence electrons. The fourth-order valence-corrected chi connectivity index (χ4v) is 3.14. The van der Waals surface area contributed by atoms with Gasteiger partial charge in [0.2, 0.25) is 0 Å². The lowest BCUT2D eigenvalue weighted by Gasteiger charge is -2.13. The van der Waals surface area contributed by atoms with Crippen LogP contribution in [0.5, 0.6) is 0 Å². The Morgan fingerprint density at radius 2 is 2.14 bits per heavy atom. The van der Waals surface area contributed by atoms with Crippen molar-refractivity contribution in [3.05, 3.63) is 35.1 Å². The maximum absolute atomic E-state index is 13.7. The molecule has 0 aliphatic carbocycles. The third-order valence-electron chi connectivity index (χ3n) is 3.19. The molecule has 0 saturated heterocycles. The van der Waals surface area contributed by atoms with E-state index in [0.29, 0.717) is 10.8 Å². The van der Waals surface area contributed by atoms with Crippen molar-refractivity contribution in [1.29, 1.82) is 0 Å². The van der Waals surface area contributed by atoms with Gasteiger partial charge in [-0.15, -0.1) is 11.8 Å². The number of esters is 1. The van der Waals surface area contributed by atoms with Crippen LogP contribution < -0.4 is 0 Å². The highest BCUT2D eigenvalue weighted by Gasteiger charge is 2.34. The summed E-state index contributed by atoms with van der Waals surface area (Å²) in [5, 5.41) is 0.534. The Balaban J connectivity index is 2.11. The molecule has 1 atom stereocenters. The second kappa shape index (κ2) is 6.68. The fourth-order valence-electron chi connectivity index (χ4n) is 2.13. The molecule has 0 N–H and O–H groups in total. The van der Waals surface area contributed by atoms with Crippen molar-refractivity contribution in [2.24, 2.45) is 4.99 Å². The molecule has 8 heteroatoms. The summed E-state index contributed by atoms with van der Waals surface area (Å²) in [6, 6.07) is 2.27. The van der Waals surface area contributed by atoms with Gasteiger partial charge in [0.1, 0.15) is 5.82 Å². The van der Waals surface area contributed by atoms with Gasteiger partial charge in [-0.1, -0.05) is 6.07 Å². The zero-order chi connectivity index (χ0) is 16.3. The van der Waals surface area contributed by atoms with Crippen molar-refractivity contribution in [3.63, 3.8) is 0 Å². The largest absolute Gasteiger partial charge is 0.467 e. The van der Waals surface area contributed by atoms with Gasteiger partial charge < -0.3 is 4.74 Å². The lowest BCUT2D eigenvalue weighted by atomic mass is 10.0. The van der Waals surface area contributed by atoms with Crippen LogP contribution in [0.1, 0.15) is 17.5 Å². The summed E-state index contributed by atoms with van der Waals surface area (Å²) in [6.45, 7) is 0. The number of methoxy groups -OCH3 is 1. The molecule has 1 aromatic carbocycles. The van der Waals surface area contributed by atoms with Gasteiger partial charge in [-0.3, -0.25) is 4.99 Å². The number of benzene rings is 1. The summed E-state index contributed by atoms with van der Waals surface area (Å²) in [4.78, 5) is 15.4. The number of carbonyl (C=O) groups is 1. The van der Waals surface area contributed by atoms with E-state index in [1.54, 1.807) is 0 Å². The van der Waals surface area contributed by atoms with Crippen LogP contribution in [-0.2, 0) is 22.1 Å². The van der Waals surface area contributed by atoms with E-state index in [1.807, 2.05) is 0 Å². The van der Waals surface area contributed by atoms with Crippen LogP contribution in [-0.4, -0.2) is 29.9 Å². The summed E-state index contributed by atoms with van der Waals surface area (Å²) in [6.07, 6.45) is -4.57. The maximum atomic E-state index is 13.7. The Kier molecular flexibility index (Phi) is 5.10. The minimum Gasteiger partial charge on any atom is -0.467 e. The number of carbonyl (C=O) groups excluding carboxylic acids is 1. The van der Waals surface area contributed by atoms with Gasteiger partial charge >= 0.3 is 12.1 Å². The number of hydrogen-bond donors (Lipinski definition) is 0. The molecule has 0 bridgehead atoms. The van der Waals surface area contributed by atoms with Crippen LogP contribution in [0.3, 0.4) is 0 Å². The smallest absolute Gasteiger partial charge is 0.416 e. The van der Waals surface area contributed by atoms with Gasteiger partial charge in [-0.05, 0) is 25.0 Å². The second-order valence-corrected chi connectivity index (χ2v) is 5.73. The van der Waals surface area contributed by atoms with E-state index in [2.05, 4.69) is 9.73 Å². The number of halogens is 4. The van der Waals surface area contributed by atoms with E-state index in [9.17, 15) is 22.4 Å². The molecule has 1 unspecified atom stereocenters. The monoisotopic (exact) mass is 335 g/mol. The molecule has 1 aliphatic heterocycles. The van der Waals surface area contributed by atoms with Crippen molar-refractivity contribution in [1.82, 2.24) is 0 Å². The van der Waals surface area contributed by atoms with Crippen molar-refractivity contribution in [2.45, 2.75) is 25.1 Å². The maximum Gasteiger partial charge on any atom is 0.416 e. The van der Waals surface area contributed by atoms with E-state index < -0.39 is 29.6 Å². The summed E-state index contributed by atoms with van der Waals surface area (Å²) in [5.41, 5.74) is -1.35. The predicted octanol–water partition coefficient (Wildman–Crippen LogP) is 3.46. The molecule has 3 nitrogen and oxygen atoms in total. The van der Waals surface area contributed by atoms with Gasteiger partial charge in [0.15, 0.2) is 6.04 Å². The van der Waals surface area contributed by atoms with Crippen LogP contribution >= 0.6 is 11.8 Å². The third-order valence-corrected chi connectivity index (χ3v) is 4.32. The molecule has 2 rings (SSSR count).